The number of nitrogens with zero attached hydrogens (tertiary/aromatic N) is 1. The summed E-state index contributed by atoms with van der Waals surface area (Å²) in [4.78, 5) is 98.3. The Balaban J connectivity index is 2.05. The van der Waals surface area contributed by atoms with Gasteiger partial charge >= 0.3 is 11.9 Å². The summed E-state index contributed by atoms with van der Waals surface area (Å²) in [5.74, 6) is -6.10. The van der Waals surface area contributed by atoms with E-state index in [9.17, 15) is 43.5 Å². The van der Waals surface area contributed by atoms with E-state index < -0.39 is 78.5 Å². The minimum Gasteiger partial charge on any atom is -0.481 e. The van der Waals surface area contributed by atoms with Crippen molar-refractivity contribution in [1.29, 1.82) is 0 Å². The average Bonchev–Trinajstić information content (AvgIpc) is 3.31. The maximum atomic E-state index is 13.1. The highest BCUT2D eigenvalue weighted by Crippen LogP contribution is 2.13. The van der Waals surface area contributed by atoms with E-state index >= 15 is 0 Å². The van der Waals surface area contributed by atoms with Crippen LogP contribution in [0.3, 0.4) is 0 Å². The number of hydrogen-bond donors (Lipinski definition) is 6. The third kappa shape index (κ3) is 12.5. The molecule has 0 aliphatic carbocycles. The van der Waals surface area contributed by atoms with E-state index in [0.717, 1.165) is 17.1 Å². The van der Waals surface area contributed by atoms with E-state index in [1.807, 2.05) is 0 Å². The fraction of sp³-hybridized carbons (Fsp3) is 0.467. The normalized spacial score (nSPS) is 14.3. The molecule has 16 nitrogen and oxygen atoms in total. The van der Waals surface area contributed by atoms with Crippen LogP contribution in [-0.2, 0) is 49.7 Å². The van der Waals surface area contributed by atoms with Gasteiger partial charge in [-0.15, -0.1) is 0 Å². The maximum absolute atomic E-state index is 13.1. The number of amides is 6. The molecule has 2 rings (SSSR count). The van der Waals surface area contributed by atoms with Gasteiger partial charge in [0.15, 0.2) is 0 Å². The van der Waals surface area contributed by atoms with Crippen molar-refractivity contribution in [2.45, 2.75) is 71.2 Å². The van der Waals surface area contributed by atoms with Crippen LogP contribution in [-0.4, -0.2) is 93.8 Å². The van der Waals surface area contributed by atoms with Gasteiger partial charge in [-0.05, 0) is 36.5 Å². The van der Waals surface area contributed by atoms with Crippen LogP contribution in [0.5, 0.6) is 0 Å². The lowest BCUT2D eigenvalue weighted by molar-refractivity contribution is -0.142. The Bertz CT molecular complexity index is 1320. The minimum atomic E-state index is -1.56. The molecule has 3 atom stereocenters. The Morgan fingerprint density at radius 2 is 1.41 bits per heavy atom. The Morgan fingerprint density at radius 3 is 1.96 bits per heavy atom. The molecule has 46 heavy (non-hydrogen) atoms. The van der Waals surface area contributed by atoms with Gasteiger partial charge in [0.25, 0.3) is 11.8 Å². The Hall–Kier alpha value is -5.12. The molecule has 0 fully saturated rings. The van der Waals surface area contributed by atoms with Crippen molar-refractivity contribution in [1.82, 2.24) is 20.9 Å². The number of nitrogens with one attached hydrogen (secondary N) is 4. The zero-order valence-corrected chi connectivity index (χ0v) is 25.7. The number of aliphatic carboxylic acids is 1. The summed E-state index contributed by atoms with van der Waals surface area (Å²) in [5.41, 5.74) is 0.951. The number of benzene rings is 1. The van der Waals surface area contributed by atoms with E-state index in [1.165, 1.54) is 19.1 Å². The second kappa shape index (κ2) is 18.0. The average molecular weight is 646 g/mol. The fourth-order valence-corrected chi connectivity index (χ4v) is 4.21. The van der Waals surface area contributed by atoms with Gasteiger partial charge in [0, 0.05) is 44.1 Å². The van der Waals surface area contributed by atoms with Crippen LogP contribution in [0, 0.1) is 5.92 Å². The van der Waals surface area contributed by atoms with Crippen LogP contribution >= 0.6 is 0 Å². The first kappa shape index (κ1) is 37.1. The molecule has 6 N–H and O–H groups in total. The van der Waals surface area contributed by atoms with Gasteiger partial charge in [-0.1, -0.05) is 26.0 Å². The summed E-state index contributed by atoms with van der Waals surface area (Å²) in [6.07, 6.45) is 1.23. The smallest absolute Gasteiger partial charge is 0.303 e. The van der Waals surface area contributed by atoms with E-state index in [1.54, 1.807) is 26.0 Å². The Kier molecular flexibility index (Phi) is 14.5. The van der Waals surface area contributed by atoms with Crippen LogP contribution < -0.4 is 21.3 Å². The lowest BCUT2D eigenvalue weighted by Gasteiger charge is -2.25. The van der Waals surface area contributed by atoms with Crippen molar-refractivity contribution in [2.75, 3.05) is 18.5 Å². The summed E-state index contributed by atoms with van der Waals surface area (Å²) in [5, 5.41) is 28.8. The molecule has 1 aliphatic rings. The summed E-state index contributed by atoms with van der Waals surface area (Å²) < 4.78 is 4.91. The van der Waals surface area contributed by atoms with Crippen molar-refractivity contribution in [3.05, 3.63) is 42.0 Å². The number of esters is 1. The molecule has 250 valence electrons. The molecule has 0 saturated heterocycles. The molecule has 1 aliphatic heterocycles. The molecule has 0 saturated carbocycles. The molecule has 1 aromatic rings. The Morgan fingerprint density at radius 1 is 0.826 bits per heavy atom. The largest absolute Gasteiger partial charge is 0.481 e. The van der Waals surface area contributed by atoms with Gasteiger partial charge in [-0.3, -0.25) is 43.3 Å². The van der Waals surface area contributed by atoms with E-state index in [0.29, 0.717) is 11.3 Å². The number of ether oxygens (including phenoxy) is 1. The first-order valence-electron chi connectivity index (χ1n) is 14.5. The number of aliphatic hydroxyl groups is 1. The van der Waals surface area contributed by atoms with Gasteiger partial charge in [0.1, 0.15) is 24.7 Å². The third-order valence-electron chi connectivity index (χ3n) is 6.58. The summed E-state index contributed by atoms with van der Waals surface area (Å²) >= 11 is 0. The lowest BCUT2D eigenvalue weighted by Crippen LogP contribution is -2.57. The Labute approximate surface area is 264 Å². The molecule has 1 heterocycles. The number of imide groups is 1. The summed E-state index contributed by atoms with van der Waals surface area (Å²) in [7, 11) is 0. The zero-order valence-electron chi connectivity index (χ0n) is 25.7. The first-order chi connectivity index (χ1) is 21.7. The highest BCUT2D eigenvalue weighted by atomic mass is 16.5. The van der Waals surface area contributed by atoms with E-state index in [-0.39, 0.29) is 38.3 Å². The van der Waals surface area contributed by atoms with Gasteiger partial charge in [0.05, 0.1) is 6.61 Å². The van der Waals surface area contributed by atoms with Gasteiger partial charge in [0.2, 0.25) is 23.6 Å². The van der Waals surface area contributed by atoms with Crippen LogP contribution in [0.2, 0.25) is 0 Å². The highest BCUT2D eigenvalue weighted by molar-refractivity contribution is 6.13. The molecule has 0 radical (unpaired) electrons. The number of carboxylic acid groups (broad SMARTS) is 1. The van der Waals surface area contributed by atoms with E-state index in [2.05, 4.69) is 21.3 Å². The highest BCUT2D eigenvalue weighted by Gasteiger charge is 2.31. The third-order valence-corrected chi connectivity index (χ3v) is 6.58. The van der Waals surface area contributed by atoms with Crippen LogP contribution in [0.4, 0.5) is 5.69 Å². The lowest BCUT2D eigenvalue weighted by atomic mass is 10.0. The number of hydrogen-bond acceptors (Lipinski definition) is 10. The summed E-state index contributed by atoms with van der Waals surface area (Å²) in [6.45, 7) is 3.77. The molecule has 0 unspecified atom stereocenters. The van der Waals surface area contributed by atoms with E-state index in [4.69, 9.17) is 9.84 Å². The summed E-state index contributed by atoms with van der Waals surface area (Å²) in [6, 6.07) is 2.14. The van der Waals surface area contributed by atoms with Crippen molar-refractivity contribution >= 4 is 53.1 Å². The number of carbonyl (C=O) groups is 8. The van der Waals surface area contributed by atoms with Gasteiger partial charge in [-0.2, -0.15) is 0 Å². The second-order valence-electron chi connectivity index (χ2n) is 10.9. The molecule has 1 aromatic carbocycles. The standard InChI is InChI=1S/C30H39N5O11/c1-17(2)14-22(32-24(38)12-13-35-25(39)9-10-26(35)40)29(44)34-23(15-36)30(45)33-21(8-11-27(41)42)28(43)31-20-6-4-19(5-7-20)16-46-18(3)37/h4-7,9-10,17,21-23,36H,8,11-16H2,1-3H3,(H,31,43)(H,32,38)(H,33,45)(H,34,44)(H,41,42)/t21-,22+,23-/m0/s1. The SMILES string of the molecule is CC(=O)OCc1ccc(NC(=O)[C@H](CCC(=O)O)NC(=O)[C@H](CO)NC(=O)[C@@H](CC(C)C)NC(=O)CCN2C(=O)C=CC2=O)cc1. The predicted octanol–water partition coefficient (Wildman–Crippen LogP) is -0.639. The van der Waals surface area contributed by atoms with Crippen molar-refractivity contribution < 1.29 is 53.3 Å². The number of carboxylic acids is 1. The molecular formula is C30H39N5O11. The fourth-order valence-electron chi connectivity index (χ4n) is 4.21. The maximum Gasteiger partial charge on any atom is 0.303 e. The van der Waals surface area contributed by atoms with Crippen molar-refractivity contribution in [3.63, 3.8) is 0 Å². The number of carbonyl (C=O) groups excluding carboxylic acids is 7. The number of aliphatic hydroxyl groups excluding tert-OH is 1. The van der Waals surface area contributed by atoms with Crippen LogP contribution in [0.15, 0.2) is 36.4 Å². The van der Waals surface area contributed by atoms with Gasteiger partial charge < -0.3 is 36.2 Å². The van der Waals surface area contributed by atoms with Crippen molar-refractivity contribution in [2.24, 2.45) is 5.92 Å². The predicted molar refractivity (Wildman–Crippen MR) is 160 cm³/mol. The molecule has 6 amide bonds. The van der Waals surface area contributed by atoms with Gasteiger partial charge in [-0.25, -0.2) is 0 Å². The van der Waals surface area contributed by atoms with Crippen LogP contribution in [0.25, 0.3) is 0 Å². The molecule has 0 aromatic heterocycles. The topological polar surface area (TPSA) is 238 Å². The van der Waals surface area contributed by atoms with Crippen LogP contribution in [0.1, 0.15) is 52.0 Å². The zero-order chi connectivity index (χ0) is 34.4. The second-order valence-corrected chi connectivity index (χ2v) is 10.9. The quantitative estimate of drug-likeness (QED) is 0.0867. The monoisotopic (exact) mass is 645 g/mol. The molecule has 0 bridgehead atoms. The first-order valence-corrected chi connectivity index (χ1v) is 14.5. The number of rotatable bonds is 18. The molecule has 16 heteroatoms. The number of anilines is 1. The minimum absolute atomic E-state index is 0.0230. The molecular weight excluding hydrogens is 606 g/mol. The molecule has 0 spiro atoms. The van der Waals surface area contributed by atoms with Crippen molar-refractivity contribution in [3.8, 4) is 0 Å².